The summed E-state index contributed by atoms with van der Waals surface area (Å²) in [6, 6.07) is 17.9. The van der Waals surface area contributed by atoms with Crippen LogP contribution < -0.4 is 10.7 Å². The summed E-state index contributed by atoms with van der Waals surface area (Å²) in [6.45, 7) is 1.68. The van der Waals surface area contributed by atoms with Gasteiger partial charge in [-0.05, 0) is 37.3 Å². The maximum atomic E-state index is 13.1. The van der Waals surface area contributed by atoms with Crippen LogP contribution in [0.15, 0.2) is 80.8 Å². The zero-order valence-corrected chi connectivity index (χ0v) is 18.8. The van der Waals surface area contributed by atoms with Crippen molar-refractivity contribution in [3.05, 3.63) is 93.1 Å². The first-order chi connectivity index (χ1) is 15.2. The molecule has 0 radical (unpaired) electrons. The van der Waals surface area contributed by atoms with Crippen LogP contribution in [0, 0.1) is 6.92 Å². The van der Waals surface area contributed by atoms with Gasteiger partial charge in [0.25, 0.3) is 5.91 Å². The Kier molecular flexibility index (Phi) is 5.62. The molecule has 1 aromatic heterocycles. The Bertz CT molecular complexity index is 1530. The highest BCUT2D eigenvalue weighted by Gasteiger charge is 2.20. The van der Waals surface area contributed by atoms with E-state index in [4.69, 9.17) is 16.0 Å². The van der Waals surface area contributed by atoms with Crippen LogP contribution in [-0.4, -0.2) is 20.6 Å². The van der Waals surface area contributed by atoms with E-state index in [0.29, 0.717) is 16.9 Å². The number of carbonyl (C=O) groups is 1. The molecule has 0 saturated heterocycles. The van der Waals surface area contributed by atoms with Crippen LogP contribution in [0.1, 0.15) is 15.9 Å². The standard InChI is InChI=1S/C24H18ClNO5S/c1-14-21(27)17-9-6-10-18(23(17)31-22(14)15-7-4-3-5-8-15)24(28)26-20-13-16(32(2,29)30)11-12-19(20)25/h3-13H,1-2H3,(H,26,28). The third-order valence-corrected chi connectivity index (χ3v) is 6.48. The molecule has 32 heavy (non-hydrogen) atoms. The van der Waals surface area contributed by atoms with Crippen molar-refractivity contribution in [2.24, 2.45) is 0 Å². The molecule has 0 spiro atoms. The quantitative estimate of drug-likeness (QED) is 0.452. The molecule has 0 aliphatic rings. The summed E-state index contributed by atoms with van der Waals surface area (Å²) in [5, 5.41) is 3.07. The minimum absolute atomic E-state index is 0.0173. The maximum Gasteiger partial charge on any atom is 0.259 e. The number of anilines is 1. The smallest absolute Gasteiger partial charge is 0.259 e. The summed E-state index contributed by atoms with van der Waals surface area (Å²) in [5.74, 6) is -0.213. The molecular weight excluding hydrogens is 450 g/mol. The van der Waals surface area contributed by atoms with E-state index in [2.05, 4.69) is 5.32 Å². The highest BCUT2D eigenvalue weighted by atomic mass is 35.5. The molecule has 0 aliphatic carbocycles. The summed E-state index contributed by atoms with van der Waals surface area (Å²) in [5.41, 5.74) is 1.30. The number of para-hydroxylation sites is 1. The SMILES string of the molecule is Cc1c(-c2ccccc2)oc2c(C(=O)Nc3cc(S(C)(=O)=O)ccc3Cl)cccc2c1=O. The first-order valence-corrected chi connectivity index (χ1v) is 11.9. The largest absolute Gasteiger partial charge is 0.455 e. The van der Waals surface area contributed by atoms with Crippen LogP contribution in [0.25, 0.3) is 22.3 Å². The van der Waals surface area contributed by atoms with E-state index in [9.17, 15) is 18.0 Å². The minimum atomic E-state index is -3.49. The Morgan fingerprint density at radius 2 is 1.72 bits per heavy atom. The molecule has 3 aromatic carbocycles. The highest BCUT2D eigenvalue weighted by Crippen LogP contribution is 2.29. The molecule has 0 fully saturated rings. The Morgan fingerprint density at radius 1 is 1.00 bits per heavy atom. The molecule has 4 aromatic rings. The summed E-state index contributed by atoms with van der Waals surface area (Å²) in [4.78, 5) is 26.1. The topological polar surface area (TPSA) is 93.4 Å². The van der Waals surface area contributed by atoms with Crippen LogP contribution >= 0.6 is 11.6 Å². The molecule has 1 heterocycles. The van der Waals surface area contributed by atoms with Crippen molar-refractivity contribution in [2.45, 2.75) is 11.8 Å². The van der Waals surface area contributed by atoms with Gasteiger partial charge < -0.3 is 9.73 Å². The Hall–Kier alpha value is -3.42. The van der Waals surface area contributed by atoms with Gasteiger partial charge in [-0.1, -0.05) is 48.0 Å². The number of hydrogen-bond donors (Lipinski definition) is 1. The van der Waals surface area contributed by atoms with Gasteiger partial charge in [-0.15, -0.1) is 0 Å². The molecule has 0 bridgehead atoms. The summed E-state index contributed by atoms with van der Waals surface area (Å²) in [7, 11) is -3.49. The molecule has 6 nitrogen and oxygen atoms in total. The molecule has 0 unspecified atom stereocenters. The van der Waals surface area contributed by atoms with Crippen LogP contribution in [-0.2, 0) is 9.84 Å². The van der Waals surface area contributed by atoms with E-state index in [1.165, 1.54) is 24.3 Å². The molecule has 8 heteroatoms. The van der Waals surface area contributed by atoms with Gasteiger partial charge in [-0.2, -0.15) is 0 Å². The van der Waals surface area contributed by atoms with E-state index >= 15 is 0 Å². The van der Waals surface area contributed by atoms with Gasteiger partial charge in [0.05, 0.1) is 26.6 Å². The number of hydrogen-bond acceptors (Lipinski definition) is 5. The first-order valence-electron chi connectivity index (χ1n) is 9.59. The summed E-state index contributed by atoms with van der Waals surface area (Å²) in [6.07, 6.45) is 1.06. The Morgan fingerprint density at radius 3 is 2.41 bits per heavy atom. The molecule has 0 saturated carbocycles. The van der Waals surface area contributed by atoms with E-state index in [1.807, 2.05) is 30.3 Å². The number of fused-ring (bicyclic) bond motifs is 1. The Labute approximate surface area is 189 Å². The van der Waals surface area contributed by atoms with Crippen LogP contribution in [0.2, 0.25) is 5.02 Å². The molecule has 1 N–H and O–H groups in total. The van der Waals surface area contributed by atoms with Crippen LogP contribution in [0.5, 0.6) is 0 Å². The third-order valence-electron chi connectivity index (χ3n) is 5.04. The fourth-order valence-corrected chi connectivity index (χ4v) is 4.19. The second-order valence-corrected chi connectivity index (χ2v) is 9.72. The van der Waals surface area contributed by atoms with E-state index in [1.54, 1.807) is 19.1 Å². The first kappa shape index (κ1) is 21.8. The lowest BCUT2D eigenvalue weighted by Crippen LogP contribution is -2.15. The number of benzene rings is 3. The normalized spacial score (nSPS) is 11.5. The zero-order chi connectivity index (χ0) is 23.0. The average molecular weight is 468 g/mol. The van der Waals surface area contributed by atoms with Crippen molar-refractivity contribution >= 4 is 44.0 Å². The maximum absolute atomic E-state index is 13.1. The molecule has 162 valence electrons. The van der Waals surface area contributed by atoms with Crippen molar-refractivity contribution < 1.29 is 17.6 Å². The van der Waals surface area contributed by atoms with E-state index in [-0.39, 0.29) is 37.6 Å². The van der Waals surface area contributed by atoms with Gasteiger partial charge in [0.1, 0.15) is 5.76 Å². The van der Waals surface area contributed by atoms with Crippen molar-refractivity contribution in [1.29, 1.82) is 0 Å². The van der Waals surface area contributed by atoms with Gasteiger partial charge in [-0.25, -0.2) is 8.42 Å². The zero-order valence-electron chi connectivity index (χ0n) is 17.2. The van der Waals surface area contributed by atoms with Crippen molar-refractivity contribution in [3.63, 3.8) is 0 Å². The number of rotatable bonds is 4. The second kappa shape index (κ2) is 8.26. The summed E-state index contributed by atoms with van der Waals surface area (Å²) < 4.78 is 29.8. The molecule has 0 atom stereocenters. The van der Waals surface area contributed by atoms with Crippen molar-refractivity contribution in [2.75, 3.05) is 11.6 Å². The molecular formula is C24H18ClNO5S. The van der Waals surface area contributed by atoms with Gasteiger partial charge in [0.2, 0.25) is 0 Å². The monoisotopic (exact) mass is 467 g/mol. The van der Waals surface area contributed by atoms with Crippen LogP contribution in [0.3, 0.4) is 0 Å². The van der Waals surface area contributed by atoms with E-state index in [0.717, 1.165) is 6.26 Å². The lowest BCUT2D eigenvalue weighted by molar-refractivity contribution is 0.102. The van der Waals surface area contributed by atoms with Gasteiger partial charge in [0.15, 0.2) is 20.8 Å². The number of carbonyl (C=O) groups excluding carboxylic acids is 1. The van der Waals surface area contributed by atoms with Gasteiger partial charge >= 0.3 is 0 Å². The van der Waals surface area contributed by atoms with Crippen molar-refractivity contribution in [3.8, 4) is 11.3 Å². The van der Waals surface area contributed by atoms with Crippen LogP contribution in [0.4, 0.5) is 5.69 Å². The lowest BCUT2D eigenvalue weighted by atomic mass is 10.0. The summed E-state index contributed by atoms with van der Waals surface area (Å²) >= 11 is 6.16. The molecule has 1 amide bonds. The number of halogens is 1. The number of amides is 1. The third kappa shape index (κ3) is 4.04. The predicted octanol–water partition coefficient (Wildman–Crippen LogP) is 5.08. The number of nitrogens with one attached hydrogen (secondary N) is 1. The Balaban J connectivity index is 1.84. The predicted molar refractivity (Wildman–Crippen MR) is 125 cm³/mol. The number of sulfone groups is 1. The van der Waals surface area contributed by atoms with Gasteiger partial charge in [-0.3, -0.25) is 9.59 Å². The minimum Gasteiger partial charge on any atom is -0.455 e. The average Bonchev–Trinajstić information content (AvgIpc) is 2.77. The fraction of sp³-hybridized carbons (Fsp3) is 0.0833. The molecule has 0 aliphatic heterocycles. The van der Waals surface area contributed by atoms with Gasteiger partial charge in [0, 0.05) is 17.4 Å². The fourth-order valence-electron chi connectivity index (χ4n) is 3.37. The van der Waals surface area contributed by atoms with Crippen molar-refractivity contribution in [1.82, 2.24) is 0 Å². The van der Waals surface area contributed by atoms with E-state index < -0.39 is 15.7 Å². The highest BCUT2D eigenvalue weighted by molar-refractivity contribution is 7.90. The second-order valence-electron chi connectivity index (χ2n) is 7.30. The lowest BCUT2D eigenvalue weighted by Gasteiger charge is -2.12. The molecule has 4 rings (SSSR count).